The van der Waals surface area contributed by atoms with E-state index in [9.17, 15) is 4.79 Å². The number of ether oxygens (including phenoxy) is 1. The summed E-state index contributed by atoms with van der Waals surface area (Å²) < 4.78 is 7.95. The third-order valence-electron chi connectivity index (χ3n) is 6.16. The van der Waals surface area contributed by atoms with Crippen LogP contribution in [0.5, 0.6) is 5.75 Å². The van der Waals surface area contributed by atoms with Gasteiger partial charge in [0.25, 0.3) is 5.91 Å². The predicted octanol–water partition coefficient (Wildman–Crippen LogP) is 6.93. The van der Waals surface area contributed by atoms with Gasteiger partial charge in [0.05, 0.1) is 6.61 Å². The Morgan fingerprint density at radius 2 is 1.74 bits per heavy atom. The minimum atomic E-state index is -0.134. The third kappa shape index (κ3) is 6.72. The standard InChI is InChI=1S/C31H34N4O2S/c1-6-9-22-10-7-8-11-27(22)37-20-21-38-30-34-33-28(35(30)5)23-14-18-26(19-15-23)32-29(36)24-12-16-25(17-13-24)31(2,3)4/h6-8,10-19H,1,9,20-21H2,2-5H3,(H,32,36). The molecule has 1 heterocycles. The highest BCUT2D eigenvalue weighted by molar-refractivity contribution is 7.99. The lowest BCUT2D eigenvalue weighted by molar-refractivity contribution is 0.102. The topological polar surface area (TPSA) is 69.0 Å². The van der Waals surface area contributed by atoms with E-state index in [2.05, 4.69) is 48.9 Å². The number of para-hydroxylation sites is 1. The molecule has 4 aromatic rings. The third-order valence-corrected chi connectivity index (χ3v) is 7.14. The van der Waals surface area contributed by atoms with Gasteiger partial charge in [-0.3, -0.25) is 4.79 Å². The van der Waals surface area contributed by atoms with Gasteiger partial charge in [-0.25, -0.2) is 0 Å². The zero-order valence-corrected chi connectivity index (χ0v) is 23.2. The van der Waals surface area contributed by atoms with E-state index >= 15 is 0 Å². The Labute approximate surface area is 229 Å². The van der Waals surface area contributed by atoms with E-state index in [1.165, 1.54) is 5.56 Å². The fraction of sp³-hybridized carbons (Fsp3) is 0.258. The van der Waals surface area contributed by atoms with E-state index in [-0.39, 0.29) is 11.3 Å². The average Bonchev–Trinajstić information content (AvgIpc) is 3.27. The second-order valence-corrected chi connectivity index (χ2v) is 11.1. The minimum absolute atomic E-state index is 0.0500. The first-order valence-electron chi connectivity index (χ1n) is 12.6. The lowest BCUT2D eigenvalue weighted by Gasteiger charge is -2.19. The van der Waals surface area contributed by atoms with E-state index in [4.69, 9.17) is 4.74 Å². The van der Waals surface area contributed by atoms with Crippen molar-refractivity contribution in [3.05, 3.63) is 102 Å². The van der Waals surface area contributed by atoms with Crippen molar-refractivity contribution in [1.29, 1.82) is 0 Å². The molecule has 1 aromatic heterocycles. The van der Waals surface area contributed by atoms with Crippen LogP contribution in [0.1, 0.15) is 42.3 Å². The molecule has 7 heteroatoms. The highest BCUT2D eigenvalue weighted by Gasteiger charge is 2.15. The first-order valence-corrected chi connectivity index (χ1v) is 13.6. The molecule has 0 saturated heterocycles. The summed E-state index contributed by atoms with van der Waals surface area (Å²) in [5.74, 6) is 2.27. The van der Waals surface area contributed by atoms with Crippen LogP contribution in [0, 0.1) is 0 Å². The largest absolute Gasteiger partial charge is 0.492 e. The van der Waals surface area contributed by atoms with E-state index in [0.29, 0.717) is 12.2 Å². The molecule has 4 rings (SSSR count). The van der Waals surface area contributed by atoms with E-state index < -0.39 is 0 Å². The Morgan fingerprint density at radius 3 is 2.42 bits per heavy atom. The Balaban J connectivity index is 1.33. The number of aromatic nitrogens is 3. The molecule has 0 aliphatic rings. The number of carbonyl (C=O) groups is 1. The van der Waals surface area contributed by atoms with Crippen LogP contribution in [-0.2, 0) is 18.9 Å². The highest BCUT2D eigenvalue weighted by Crippen LogP contribution is 2.26. The molecule has 0 spiro atoms. The number of carbonyl (C=O) groups excluding carboxylic acids is 1. The van der Waals surface area contributed by atoms with Gasteiger partial charge < -0.3 is 14.6 Å². The van der Waals surface area contributed by atoms with Crippen molar-refractivity contribution < 1.29 is 9.53 Å². The molecular weight excluding hydrogens is 492 g/mol. The quantitative estimate of drug-likeness (QED) is 0.138. The van der Waals surface area contributed by atoms with Crippen molar-refractivity contribution in [3.63, 3.8) is 0 Å². The zero-order chi connectivity index (χ0) is 27.1. The number of hydrogen-bond acceptors (Lipinski definition) is 5. The Morgan fingerprint density at radius 1 is 1.03 bits per heavy atom. The molecule has 0 saturated carbocycles. The number of thioether (sulfide) groups is 1. The van der Waals surface area contributed by atoms with Crippen LogP contribution < -0.4 is 10.1 Å². The minimum Gasteiger partial charge on any atom is -0.492 e. The first kappa shape index (κ1) is 27.2. The van der Waals surface area contributed by atoms with Gasteiger partial charge in [0.1, 0.15) is 5.75 Å². The zero-order valence-electron chi connectivity index (χ0n) is 22.4. The fourth-order valence-corrected chi connectivity index (χ4v) is 4.70. The second kappa shape index (κ2) is 12.1. The molecule has 0 radical (unpaired) electrons. The number of benzene rings is 3. The van der Waals surface area contributed by atoms with Crippen molar-refractivity contribution in [2.45, 2.75) is 37.8 Å². The molecule has 6 nitrogen and oxygen atoms in total. The van der Waals surface area contributed by atoms with Crippen LogP contribution in [0.25, 0.3) is 11.4 Å². The molecule has 0 unspecified atom stereocenters. The van der Waals surface area contributed by atoms with Crippen LogP contribution in [0.3, 0.4) is 0 Å². The van der Waals surface area contributed by atoms with E-state index in [1.807, 2.05) is 84.4 Å². The average molecular weight is 527 g/mol. The molecule has 0 atom stereocenters. The summed E-state index contributed by atoms with van der Waals surface area (Å²) in [6, 6.07) is 23.4. The van der Waals surface area contributed by atoms with Crippen LogP contribution in [0.2, 0.25) is 0 Å². The Hall–Kier alpha value is -3.84. The van der Waals surface area contributed by atoms with Crippen molar-refractivity contribution in [2.75, 3.05) is 17.7 Å². The molecule has 1 amide bonds. The van der Waals surface area contributed by atoms with Crippen LogP contribution in [0.4, 0.5) is 5.69 Å². The summed E-state index contributed by atoms with van der Waals surface area (Å²) in [4.78, 5) is 12.7. The molecule has 0 bridgehead atoms. The fourth-order valence-electron chi connectivity index (χ4n) is 3.97. The number of hydrogen-bond donors (Lipinski definition) is 1. The highest BCUT2D eigenvalue weighted by atomic mass is 32.2. The summed E-state index contributed by atoms with van der Waals surface area (Å²) in [5.41, 5.74) is 4.66. The maximum atomic E-state index is 12.7. The van der Waals surface area contributed by atoms with Crippen LogP contribution in [-0.4, -0.2) is 33.0 Å². The first-order chi connectivity index (χ1) is 18.3. The number of nitrogens with one attached hydrogen (secondary N) is 1. The SMILES string of the molecule is C=CCc1ccccc1OCCSc1nnc(-c2ccc(NC(=O)c3ccc(C(C)(C)C)cc3)cc2)n1C. The van der Waals surface area contributed by atoms with Crippen molar-refractivity contribution in [3.8, 4) is 17.1 Å². The summed E-state index contributed by atoms with van der Waals surface area (Å²) in [7, 11) is 1.95. The van der Waals surface area contributed by atoms with Crippen LogP contribution >= 0.6 is 11.8 Å². The smallest absolute Gasteiger partial charge is 0.255 e. The maximum absolute atomic E-state index is 12.7. The van der Waals surface area contributed by atoms with Gasteiger partial charge in [-0.1, -0.05) is 68.9 Å². The lowest BCUT2D eigenvalue weighted by Crippen LogP contribution is -2.14. The molecule has 1 N–H and O–H groups in total. The van der Waals surface area contributed by atoms with Gasteiger partial charge in [0.2, 0.25) is 0 Å². The van der Waals surface area contributed by atoms with Gasteiger partial charge in [-0.15, -0.1) is 16.8 Å². The molecule has 3 aromatic carbocycles. The summed E-state index contributed by atoms with van der Waals surface area (Å²) in [6.45, 7) is 10.8. The number of anilines is 1. The molecule has 0 fully saturated rings. The van der Waals surface area contributed by atoms with Crippen LogP contribution in [0.15, 0.2) is 90.6 Å². The molecule has 196 valence electrons. The summed E-state index contributed by atoms with van der Waals surface area (Å²) >= 11 is 1.60. The van der Waals surface area contributed by atoms with Gasteiger partial charge in [-0.2, -0.15) is 0 Å². The number of allylic oxidation sites excluding steroid dienone is 1. The summed E-state index contributed by atoms with van der Waals surface area (Å²) in [5, 5.41) is 12.5. The maximum Gasteiger partial charge on any atom is 0.255 e. The lowest BCUT2D eigenvalue weighted by atomic mass is 9.87. The van der Waals surface area contributed by atoms with Crippen molar-refractivity contribution in [2.24, 2.45) is 7.05 Å². The Kier molecular flexibility index (Phi) is 8.69. The Bertz CT molecular complexity index is 1390. The number of rotatable bonds is 10. The molecule has 0 aliphatic heterocycles. The van der Waals surface area contributed by atoms with Gasteiger partial charge >= 0.3 is 0 Å². The van der Waals surface area contributed by atoms with Gasteiger partial charge in [0.15, 0.2) is 11.0 Å². The van der Waals surface area contributed by atoms with E-state index in [0.717, 1.165) is 45.7 Å². The predicted molar refractivity (Wildman–Crippen MR) is 156 cm³/mol. The van der Waals surface area contributed by atoms with E-state index in [1.54, 1.807) is 11.8 Å². The molecular formula is C31H34N4O2S. The van der Waals surface area contributed by atoms with Crippen molar-refractivity contribution in [1.82, 2.24) is 14.8 Å². The van der Waals surface area contributed by atoms with Crippen molar-refractivity contribution >= 4 is 23.4 Å². The summed E-state index contributed by atoms with van der Waals surface area (Å²) in [6.07, 6.45) is 2.66. The monoisotopic (exact) mass is 526 g/mol. The molecule has 38 heavy (non-hydrogen) atoms. The van der Waals surface area contributed by atoms with Gasteiger partial charge in [0, 0.05) is 29.6 Å². The van der Waals surface area contributed by atoms with Gasteiger partial charge in [-0.05, 0) is 65.4 Å². The number of nitrogens with zero attached hydrogens (tertiary/aromatic N) is 3. The normalized spacial score (nSPS) is 11.3. The second-order valence-electron chi connectivity index (χ2n) is 10.0. The number of amides is 1. The molecule has 0 aliphatic carbocycles.